The zero-order valence-corrected chi connectivity index (χ0v) is 14.6. The highest BCUT2D eigenvalue weighted by Crippen LogP contribution is 2.63. The lowest BCUT2D eigenvalue weighted by Gasteiger charge is -2.61. The quantitative estimate of drug-likeness (QED) is 0.717. The van der Waals surface area contributed by atoms with E-state index in [1.54, 1.807) is 0 Å². The minimum atomic E-state index is -0.364. The molecule has 124 valence electrons. The first-order valence-electron chi connectivity index (χ1n) is 8.84. The molecule has 2 nitrogen and oxygen atoms in total. The molecular formula is C20H32O2. The first-order valence-corrected chi connectivity index (χ1v) is 8.84. The van der Waals surface area contributed by atoms with E-state index in [0.29, 0.717) is 11.8 Å². The summed E-state index contributed by atoms with van der Waals surface area (Å²) < 4.78 is 0. The summed E-state index contributed by atoms with van der Waals surface area (Å²) in [6.45, 7) is 13.0. The highest BCUT2D eigenvalue weighted by molar-refractivity contribution is 5.28. The van der Waals surface area contributed by atoms with Crippen LogP contribution in [0.15, 0.2) is 24.3 Å². The normalized spacial score (nSPS) is 50.5. The molecule has 2 saturated carbocycles. The van der Waals surface area contributed by atoms with Gasteiger partial charge < -0.3 is 10.2 Å². The molecule has 3 rings (SSSR count). The van der Waals surface area contributed by atoms with Crippen molar-refractivity contribution in [3.05, 3.63) is 24.3 Å². The van der Waals surface area contributed by atoms with Gasteiger partial charge in [0, 0.05) is 5.41 Å². The average molecular weight is 304 g/mol. The molecule has 0 radical (unpaired) electrons. The highest BCUT2D eigenvalue weighted by Gasteiger charge is 2.57. The number of allylic oxidation sites excluding steroid dienone is 1. The van der Waals surface area contributed by atoms with Gasteiger partial charge in [-0.1, -0.05) is 45.4 Å². The SMILES string of the molecule is C=CC1(C)C=C2CCC3C(C)(C)CC(O)CC3(C)C2CC1O. The van der Waals surface area contributed by atoms with Crippen LogP contribution in [0.1, 0.15) is 59.8 Å². The predicted octanol–water partition coefficient (Wildman–Crippen LogP) is 4.08. The predicted molar refractivity (Wildman–Crippen MR) is 90.4 cm³/mol. The third-order valence-electron chi connectivity index (χ3n) is 7.26. The fourth-order valence-corrected chi connectivity index (χ4v) is 6.14. The van der Waals surface area contributed by atoms with Crippen LogP contribution in [0, 0.1) is 28.1 Å². The second-order valence-corrected chi connectivity index (χ2v) is 9.24. The van der Waals surface area contributed by atoms with Crippen molar-refractivity contribution in [3.8, 4) is 0 Å². The Balaban J connectivity index is 2.02. The van der Waals surface area contributed by atoms with Gasteiger partial charge in [0.05, 0.1) is 12.2 Å². The van der Waals surface area contributed by atoms with Crippen molar-refractivity contribution in [2.45, 2.75) is 72.0 Å². The van der Waals surface area contributed by atoms with Crippen molar-refractivity contribution in [2.75, 3.05) is 0 Å². The van der Waals surface area contributed by atoms with Gasteiger partial charge in [0.15, 0.2) is 0 Å². The second-order valence-electron chi connectivity index (χ2n) is 9.24. The van der Waals surface area contributed by atoms with Crippen LogP contribution in [0.2, 0.25) is 0 Å². The Hall–Kier alpha value is -0.600. The van der Waals surface area contributed by atoms with Crippen LogP contribution in [-0.2, 0) is 0 Å². The maximum absolute atomic E-state index is 10.7. The zero-order chi connectivity index (χ0) is 16.3. The van der Waals surface area contributed by atoms with E-state index in [4.69, 9.17) is 0 Å². The molecule has 2 fully saturated rings. The lowest BCUT2D eigenvalue weighted by Crippen LogP contribution is -2.55. The number of aliphatic hydroxyl groups excluding tert-OH is 2. The number of fused-ring (bicyclic) bond motifs is 3. The molecule has 0 saturated heterocycles. The highest BCUT2D eigenvalue weighted by atomic mass is 16.3. The topological polar surface area (TPSA) is 40.5 Å². The Morgan fingerprint density at radius 3 is 2.50 bits per heavy atom. The Morgan fingerprint density at radius 1 is 1.18 bits per heavy atom. The van der Waals surface area contributed by atoms with Crippen molar-refractivity contribution in [1.29, 1.82) is 0 Å². The summed E-state index contributed by atoms with van der Waals surface area (Å²) in [6.07, 6.45) is 8.56. The van der Waals surface area contributed by atoms with Crippen LogP contribution in [0.4, 0.5) is 0 Å². The van der Waals surface area contributed by atoms with Crippen LogP contribution < -0.4 is 0 Å². The minimum Gasteiger partial charge on any atom is -0.393 e. The van der Waals surface area contributed by atoms with Gasteiger partial charge in [-0.3, -0.25) is 0 Å². The first-order chi connectivity index (χ1) is 10.1. The molecule has 2 N–H and O–H groups in total. The maximum atomic E-state index is 10.7. The van der Waals surface area contributed by atoms with Gasteiger partial charge >= 0.3 is 0 Å². The maximum Gasteiger partial charge on any atom is 0.0668 e. The monoisotopic (exact) mass is 304 g/mol. The average Bonchev–Trinajstić information content (AvgIpc) is 2.39. The number of aliphatic hydroxyl groups is 2. The summed E-state index contributed by atoms with van der Waals surface area (Å²) in [5.74, 6) is 1.04. The number of hydrogen-bond donors (Lipinski definition) is 2. The fourth-order valence-electron chi connectivity index (χ4n) is 6.14. The fraction of sp³-hybridized carbons (Fsp3) is 0.800. The van der Waals surface area contributed by atoms with E-state index in [-0.39, 0.29) is 28.5 Å². The molecule has 3 aliphatic rings. The third-order valence-corrected chi connectivity index (χ3v) is 7.26. The Labute approximate surface area is 135 Å². The van der Waals surface area contributed by atoms with Crippen molar-refractivity contribution in [2.24, 2.45) is 28.1 Å². The van der Waals surface area contributed by atoms with E-state index in [1.807, 2.05) is 6.08 Å². The lowest BCUT2D eigenvalue weighted by atomic mass is 9.45. The molecular weight excluding hydrogens is 272 g/mol. The molecule has 6 atom stereocenters. The molecule has 0 aliphatic heterocycles. The second kappa shape index (κ2) is 4.95. The van der Waals surface area contributed by atoms with E-state index < -0.39 is 0 Å². The van der Waals surface area contributed by atoms with Crippen molar-refractivity contribution in [3.63, 3.8) is 0 Å². The lowest BCUT2D eigenvalue weighted by molar-refractivity contribution is -0.117. The minimum absolute atomic E-state index is 0.106. The van der Waals surface area contributed by atoms with Crippen molar-refractivity contribution >= 4 is 0 Å². The molecule has 0 heterocycles. The van der Waals surface area contributed by atoms with Gasteiger partial charge in [-0.05, 0) is 54.8 Å². The number of rotatable bonds is 1. The molecule has 6 unspecified atom stereocenters. The van der Waals surface area contributed by atoms with Crippen LogP contribution in [0.5, 0.6) is 0 Å². The van der Waals surface area contributed by atoms with E-state index >= 15 is 0 Å². The van der Waals surface area contributed by atoms with Crippen molar-refractivity contribution in [1.82, 2.24) is 0 Å². The van der Waals surface area contributed by atoms with E-state index in [2.05, 4.69) is 40.3 Å². The van der Waals surface area contributed by atoms with Crippen LogP contribution in [0.25, 0.3) is 0 Å². The summed E-state index contributed by atoms with van der Waals surface area (Å²) in [7, 11) is 0. The summed E-state index contributed by atoms with van der Waals surface area (Å²) in [5.41, 5.74) is 1.49. The molecule has 0 aromatic carbocycles. The summed E-state index contributed by atoms with van der Waals surface area (Å²) in [5, 5.41) is 21.1. The third kappa shape index (κ3) is 2.22. The van der Waals surface area contributed by atoms with Gasteiger partial charge in [0.2, 0.25) is 0 Å². The van der Waals surface area contributed by atoms with Gasteiger partial charge in [0.25, 0.3) is 0 Å². The Morgan fingerprint density at radius 2 is 1.86 bits per heavy atom. The standard InChI is InChI=1S/C20H32O2/c1-6-19(4)10-13-7-8-16-18(2,3)11-14(21)12-20(16,5)15(13)9-17(19)22/h6,10,14-17,21-22H,1,7-9,11-12H2,2-5H3. The smallest absolute Gasteiger partial charge is 0.0668 e. The van der Waals surface area contributed by atoms with Gasteiger partial charge in [0.1, 0.15) is 0 Å². The zero-order valence-electron chi connectivity index (χ0n) is 14.6. The summed E-state index contributed by atoms with van der Waals surface area (Å²) in [4.78, 5) is 0. The van der Waals surface area contributed by atoms with Gasteiger partial charge in [-0.2, -0.15) is 0 Å². The first kappa shape index (κ1) is 16.3. The Kier molecular flexibility index (Phi) is 3.66. The summed E-state index contributed by atoms with van der Waals surface area (Å²) in [6, 6.07) is 0. The van der Waals surface area contributed by atoms with Gasteiger partial charge in [-0.25, -0.2) is 0 Å². The van der Waals surface area contributed by atoms with E-state index in [1.165, 1.54) is 12.0 Å². The Bertz CT molecular complexity index is 506. The summed E-state index contributed by atoms with van der Waals surface area (Å²) >= 11 is 0. The molecule has 2 heteroatoms. The largest absolute Gasteiger partial charge is 0.393 e. The molecule has 0 amide bonds. The molecule has 0 bridgehead atoms. The molecule has 0 aromatic rings. The number of hydrogen-bond acceptors (Lipinski definition) is 2. The van der Waals surface area contributed by atoms with Crippen molar-refractivity contribution < 1.29 is 10.2 Å². The molecule has 22 heavy (non-hydrogen) atoms. The van der Waals surface area contributed by atoms with E-state index in [0.717, 1.165) is 25.7 Å². The van der Waals surface area contributed by atoms with Crippen LogP contribution in [-0.4, -0.2) is 22.4 Å². The van der Waals surface area contributed by atoms with E-state index in [9.17, 15) is 10.2 Å². The molecule has 3 aliphatic carbocycles. The van der Waals surface area contributed by atoms with Crippen LogP contribution in [0.3, 0.4) is 0 Å². The van der Waals surface area contributed by atoms with Crippen LogP contribution >= 0.6 is 0 Å². The molecule has 0 spiro atoms. The van der Waals surface area contributed by atoms with Gasteiger partial charge in [-0.15, -0.1) is 6.58 Å². The molecule has 0 aromatic heterocycles.